The normalized spacial score (nSPS) is 21.2. The van der Waals surface area contributed by atoms with Gasteiger partial charge in [0.15, 0.2) is 0 Å². The first-order valence-electron chi connectivity index (χ1n) is 6.18. The second-order valence-corrected chi connectivity index (χ2v) is 4.84. The molecule has 0 heterocycles. The third-order valence-electron chi connectivity index (χ3n) is 3.43. The highest BCUT2D eigenvalue weighted by Crippen LogP contribution is 2.30. The number of aryl methyl sites for hydroxylation is 2. The highest BCUT2D eigenvalue weighted by atomic mass is 14.9. The van der Waals surface area contributed by atoms with Gasteiger partial charge in [0.2, 0.25) is 0 Å². The van der Waals surface area contributed by atoms with Gasteiger partial charge in [0.05, 0.1) is 0 Å². The van der Waals surface area contributed by atoms with E-state index in [1.54, 1.807) is 0 Å². The monoisotopic (exact) mass is 215 g/mol. The predicted octanol–water partition coefficient (Wildman–Crippen LogP) is 3.54. The smallest absolute Gasteiger partial charge is 0.0328 e. The van der Waals surface area contributed by atoms with E-state index in [1.165, 1.54) is 36.0 Å². The van der Waals surface area contributed by atoms with E-state index in [0.717, 1.165) is 0 Å². The molecule has 1 N–H and O–H groups in total. The molecule has 16 heavy (non-hydrogen) atoms. The van der Waals surface area contributed by atoms with Gasteiger partial charge in [-0.15, -0.1) is 6.58 Å². The van der Waals surface area contributed by atoms with Crippen LogP contribution in [0.4, 0.5) is 0 Å². The minimum absolute atomic E-state index is 0.386. The van der Waals surface area contributed by atoms with Crippen LogP contribution in [0.25, 0.3) is 0 Å². The average molecular weight is 215 g/mol. The maximum Gasteiger partial charge on any atom is 0.0328 e. The van der Waals surface area contributed by atoms with Gasteiger partial charge in [-0.1, -0.05) is 29.8 Å². The highest BCUT2D eigenvalue weighted by Gasteiger charge is 2.20. The standard InChI is InChI=1S/C15H21N/c1-4-12(3)16-15-7-5-6-13-9-8-11(2)10-14(13)15/h4,8-10,12,15-16H,1,5-7H2,2-3H3. The summed E-state index contributed by atoms with van der Waals surface area (Å²) in [6.07, 6.45) is 5.74. The fourth-order valence-corrected chi connectivity index (χ4v) is 2.48. The van der Waals surface area contributed by atoms with E-state index in [0.29, 0.717) is 12.1 Å². The lowest BCUT2D eigenvalue weighted by Crippen LogP contribution is -2.31. The van der Waals surface area contributed by atoms with Gasteiger partial charge in [0.25, 0.3) is 0 Å². The van der Waals surface area contributed by atoms with Crippen LogP contribution in [0.2, 0.25) is 0 Å². The third-order valence-corrected chi connectivity index (χ3v) is 3.43. The lowest BCUT2D eigenvalue weighted by Gasteiger charge is -2.28. The van der Waals surface area contributed by atoms with Crippen molar-refractivity contribution >= 4 is 0 Å². The van der Waals surface area contributed by atoms with Crippen LogP contribution in [0.5, 0.6) is 0 Å². The van der Waals surface area contributed by atoms with Crippen molar-refractivity contribution in [2.75, 3.05) is 0 Å². The molecule has 2 rings (SSSR count). The topological polar surface area (TPSA) is 12.0 Å². The average Bonchev–Trinajstić information content (AvgIpc) is 2.29. The molecule has 2 unspecified atom stereocenters. The van der Waals surface area contributed by atoms with Crippen LogP contribution < -0.4 is 5.32 Å². The van der Waals surface area contributed by atoms with E-state index < -0.39 is 0 Å². The second-order valence-electron chi connectivity index (χ2n) is 4.84. The van der Waals surface area contributed by atoms with Crippen LogP contribution in [0.15, 0.2) is 30.9 Å². The lowest BCUT2D eigenvalue weighted by molar-refractivity contribution is 0.440. The minimum Gasteiger partial charge on any atom is -0.304 e. The summed E-state index contributed by atoms with van der Waals surface area (Å²) in [5.74, 6) is 0. The largest absolute Gasteiger partial charge is 0.304 e. The molecular weight excluding hydrogens is 194 g/mol. The summed E-state index contributed by atoms with van der Waals surface area (Å²) < 4.78 is 0. The van der Waals surface area contributed by atoms with Crippen LogP contribution >= 0.6 is 0 Å². The van der Waals surface area contributed by atoms with E-state index >= 15 is 0 Å². The molecule has 0 fully saturated rings. The molecule has 2 atom stereocenters. The summed E-state index contributed by atoms with van der Waals surface area (Å²) in [6.45, 7) is 8.17. The second kappa shape index (κ2) is 4.84. The van der Waals surface area contributed by atoms with Crippen molar-refractivity contribution in [2.45, 2.75) is 45.2 Å². The van der Waals surface area contributed by atoms with Gasteiger partial charge in [-0.2, -0.15) is 0 Å². The molecule has 0 radical (unpaired) electrons. The van der Waals surface area contributed by atoms with Gasteiger partial charge in [-0.05, 0) is 44.2 Å². The third kappa shape index (κ3) is 2.35. The summed E-state index contributed by atoms with van der Waals surface area (Å²) in [4.78, 5) is 0. The van der Waals surface area contributed by atoms with E-state index in [1.807, 2.05) is 6.08 Å². The Hall–Kier alpha value is -1.08. The van der Waals surface area contributed by atoms with Crippen LogP contribution in [0.1, 0.15) is 42.5 Å². The first-order chi connectivity index (χ1) is 7.70. The Bertz CT molecular complexity index is 381. The zero-order chi connectivity index (χ0) is 11.5. The molecule has 1 aliphatic rings. The van der Waals surface area contributed by atoms with Crippen LogP contribution in [-0.2, 0) is 6.42 Å². The summed E-state index contributed by atoms with van der Waals surface area (Å²) >= 11 is 0. The zero-order valence-corrected chi connectivity index (χ0v) is 10.3. The number of hydrogen-bond donors (Lipinski definition) is 1. The minimum atomic E-state index is 0.386. The SMILES string of the molecule is C=CC(C)NC1CCCc2ccc(C)cc21. The van der Waals surface area contributed by atoms with Crippen LogP contribution in [0.3, 0.4) is 0 Å². The van der Waals surface area contributed by atoms with E-state index in [9.17, 15) is 0 Å². The van der Waals surface area contributed by atoms with Crippen molar-refractivity contribution in [3.63, 3.8) is 0 Å². The number of benzene rings is 1. The molecule has 86 valence electrons. The Labute approximate surface area is 98.6 Å². The van der Waals surface area contributed by atoms with Crippen molar-refractivity contribution in [3.8, 4) is 0 Å². The van der Waals surface area contributed by atoms with Gasteiger partial charge in [0.1, 0.15) is 0 Å². The summed E-state index contributed by atoms with van der Waals surface area (Å²) in [6, 6.07) is 7.74. The maximum absolute atomic E-state index is 3.84. The van der Waals surface area contributed by atoms with Gasteiger partial charge in [-0.3, -0.25) is 0 Å². The first kappa shape index (κ1) is 11.4. The number of fused-ring (bicyclic) bond motifs is 1. The van der Waals surface area contributed by atoms with Crippen LogP contribution in [-0.4, -0.2) is 6.04 Å². The van der Waals surface area contributed by atoms with Crippen molar-refractivity contribution in [1.29, 1.82) is 0 Å². The van der Waals surface area contributed by atoms with Gasteiger partial charge in [-0.25, -0.2) is 0 Å². The van der Waals surface area contributed by atoms with Gasteiger partial charge >= 0.3 is 0 Å². The molecule has 0 spiro atoms. The van der Waals surface area contributed by atoms with Crippen molar-refractivity contribution in [3.05, 3.63) is 47.5 Å². The Morgan fingerprint density at radius 3 is 3.06 bits per heavy atom. The fourth-order valence-electron chi connectivity index (χ4n) is 2.48. The van der Waals surface area contributed by atoms with E-state index in [-0.39, 0.29) is 0 Å². The van der Waals surface area contributed by atoms with E-state index in [4.69, 9.17) is 0 Å². The van der Waals surface area contributed by atoms with Gasteiger partial charge < -0.3 is 5.32 Å². The molecule has 0 saturated carbocycles. The summed E-state index contributed by atoms with van der Waals surface area (Å²) in [5, 5.41) is 3.63. The van der Waals surface area contributed by atoms with Gasteiger partial charge in [0, 0.05) is 12.1 Å². The zero-order valence-electron chi connectivity index (χ0n) is 10.3. The number of nitrogens with one attached hydrogen (secondary N) is 1. The van der Waals surface area contributed by atoms with Crippen LogP contribution in [0, 0.1) is 6.92 Å². The highest BCUT2D eigenvalue weighted by molar-refractivity contribution is 5.35. The summed E-state index contributed by atoms with van der Waals surface area (Å²) in [7, 11) is 0. The number of hydrogen-bond acceptors (Lipinski definition) is 1. The molecule has 0 aliphatic heterocycles. The maximum atomic E-state index is 3.84. The molecule has 1 aliphatic carbocycles. The summed E-state index contributed by atoms with van der Waals surface area (Å²) in [5.41, 5.74) is 4.38. The molecule has 0 amide bonds. The molecule has 1 heteroatoms. The van der Waals surface area contributed by atoms with Crippen molar-refractivity contribution in [2.24, 2.45) is 0 Å². The Kier molecular flexibility index (Phi) is 3.45. The van der Waals surface area contributed by atoms with Crippen molar-refractivity contribution < 1.29 is 0 Å². The lowest BCUT2D eigenvalue weighted by atomic mass is 9.86. The molecule has 0 aromatic heterocycles. The Balaban J connectivity index is 2.24. The molecular formula is C15H21N. The fraction of sp³-hybridized carbons (Fsp3) is 0.467. The molecule has 1 nitrogen and oxygen atoms in total. The Morgan fingerprint density at radius 2 is 2.31 bits per heavy atom. The quantitative estimate of drug-likeness (QED) is 0.760. The molecule has 0 saturated heterocycles. The first-order valence-corrected chi connectivity index (χ1v) is 6.18. The number of rotatable bonds is 3. The van der Waals surface area contributed by atoms with E-state index in [2.05, 4.69) is 43.9 Å². The predicted molar refractivity (Wildman–Crippen MR) is 69.7 cm³/mol. The van der Waals surface area contributed by atoms with Crippen molar-refractivity contribution in [1.82, 2.24) is 5.32 Å². The Morgan fingerprint density at radius 1 is 1.50 bits per heavy atom. The molecule has 1 aromatic rings. The molecule has 1 aromatic carbocycles. The molecule has 0 bridgehead atoms.